The average Bonchev–Trinajstić information content (AvgIpc) is 3.68. The van der Waals surface area contributed by atoms with E-state index < -0.39 is 0 Å². The average molecular weight is 628 g/mol. The van der Waals surface area contributed by atoms with Crippen LogP contribution in [0.3, 0.4) is 0 Å². The highest BCUT2D eigenvalue weighted by Gasteiger charge is 2.43. The van der Waals surface area contributed by atoms with Gasteiger partial charge in [-0.1, -0.05) is 101 Å². The third kappa shape index (κ3) is 3.12. The lowest BCUT2D eigenvalue weighted by Gasteiger charge is -2.36. The first-order chi connectivity index (χ1) is 24.1. The van der Waals surface area contributed by atoms with Crippen LogP contribution in [0.1, 0.15) is 11.5 Å². The molecule has 0 amide bonds. The normalized spacial score (nSPS) is 13.6. The smallest absolute Gasteiger partial charge is 0.244 e. The van der Waals surface area contributed by atoms with E-state index in [1.54, 1.807) is 0 Å². The molecule has 0 saturated carbocycles. The van der Waals surface area contributed by atoms with E-state index in [2.05, 4.69) is 116 Å². The van der Waals surface area contributed by atoms with E-state index in [0.29, 0.717) is 0 Å². The van der Waals surface area contributed by atoms with E-state index in [0.717, 1.165) is 62.0 Å². The number of aryl methyl sites for hydroxylation is 2. The number of rotatable bonds is 1. The zero-order valence-electron chi connectivity index (χ0n) is 26.8. The molecule has 9 aromatic rings. The molecule has 0 atom stereocenters. The van der Waals surface area contributed by atoms with Crippen molar-refractivity contribution < 1.29 is 13.6 Å². The van der Waals surface area contributed by atoms with Crippen molar-refractivity contribution in [3.05, 3.63) is 133 Å². The highest BCUT2D eigenvalue weighted by atomic mass is 16.5. The Balaban J connectivity index is 1.28. The maximum Gasteiger partial charge on any atom is 0.244 e. The molecule has 49 heavy (non-hydrogen) atoms. The first-order valence-corrected chi connectivity index (χ1v) is 16.9. The number of benzene rings is 7. The van der Waals surface area contributed by atoms with Gasteiger partial charge in [0.1, 0.15) is 22.7 Å². The minimum Gasteiger partial charge on any atom is -0.460 e. The molecule has 0 bridgehead atoms. The second kappa shape index (κ2) is 8.83. The number of fused-ring (bicyclic) bond motifs is 10. The fourth-order valence-electron chi connectivity index (χ4n) is 9.22. The van der Waals surface area contributed by atoms with Crippen molar-refractivity contribution in [3.63, 3.8) is 0 Å². The molecule has 2 aromatic heterocycles. The Kier molecular flexibility index (Phi) is 4.65. The van der Waals surface area contributed by atoms with Crippen molar-refractivity contribution >= 4 is 83.6 Å². The van der Waals surface area contributed by atoms with Crippen LogP contribution in [0.2, 0.25) is 0 Å². The van der Waals surface area contributed by atoms with Gasteiger partial charge in [0.05, 0.1) is 11.4 Å². The minimum atomic E-state index is 0.0107. The molecule has 12 rings (SSSR count). The van der Waals surface area contributed by atoms with Gasteiger partial charge in [0, 0.05) is 38.4 Å². The predicted molar refractivity (Wildman–Crippen MR) is 201 cm³/mol. The van der Waals surface area contributed by atoms with Crippen molar-refractivity contribution in [2.75, 3.05) is 4.90 Å². The van der Waals surface area contributed by atoms with Gasteiger partial charge in [-0.05, 0) is 72.1 Å². The number of hydrogen-bond acceptors (Lipinski definition) is 4. The van der Waals surface area contributed by atoms with Crippen LogP contribution < -0.4 is 26.0 Å². The van der Waals surface area contributed by atoms with Gasteiger partial charge < -0.3 is 18.5 Å². The molecule has 0 N–H and O–H groups in total. The van der Waals surface area contributed by atoms with Crippen LogP contribution in [0.15, 0.2) is 130 Å². The van der Waals surface area contributed by atoms with Gasteiger partial charge in [-0.3, -0.25) is 0 Å². The summed E-state index contributed by atoms with van der Waals surface area (Å²) in [5.41, 5.74) is 13.7. The summed E-state index contributed by atoms with van der Waals surface area (Å²) in [6.45, 7) is 4.26. The fourth-order valence-corrected chi connectivity index (χ4v) is 9.22. The van der Waals surface area contributed by atoms with Gasteiger partial charge in [-0.15, -0.1) is 0 Å². The summed E-state index contributed by atoms with van der Waals surface area (Å²) in [4.78, 5) is 2.35. The quantitative estimate of drug-likeness (QED) is 0.170. The highest BCUT2D eigenvalue weighted by Crippen LogP contribution is 2.53. The van der Waals surface area contributed by atoms with E-state index in [-0.39, 0.29) is 6.71 Å². The Morgan fingerprint density at radius 1 is 0.531 bits per heavy atom. The van der Waals surface area contributed by atoms with Crippen molar-refractivity contribution in [2.24, 2.45) is 0 Å². The summed E-state index contributed by atoms with van der Waals surface area (Å²) >= 11 is 0. The monoisotopic (exact) mass is 627 g/mol. The Labute approximate surface area is 281 Å². The zero-order chi connectivity index (χ0) is 32.1. The van der Waals surface area contributed by atoms with Crippen LogP contribution in [0.25, 0.3) is 65.7 Å². The first kappa shape index (κ1) is 25.8. The van der Waals surface area contributed by atoms with Crippen molar-refractivity contribution in [3.8, 4) is 33.8 Å². The highest BCUT2D eigenvalue weighted by molar-refractivity contribution is 7.01. The van der Waals surface area contributed by atoms with Crippen LogP contribution in [0.5, 0.6) is 11.5 Å². The van der Waals surface area contributed by atoms with Gasteiger partial charge in [0.25, 0.3) is 0 Å². The third-order valence-corrected chi connectivity index (χ3v) is 11.1. The second-order valence-corrected chi connectivity index (χ2v) is 13.6. The largest absolute Gasteiger partial charge is 0.460 e. The van der Waals surface area contributed by atoms with Crippen LogP contribution in [-0.2, 0) is 0 Å². The third-order valence-electron chi connectivity index (χ3n) is 11.1. The molecule has 5 heteroatoms. The Morgan fingerprint density at radius 3 is 1.53 bits per heavy atom. The van der Waals surface area contributed by atoms with Gasteiger partial charge in [-0.2, -0.15) is 0 Å². The summed E-state index contributed by atoms with van der Waals surface area (Å²) in [7, 11) is 0. The molecular formula is C44H26BNO3. The van der Waals surface area contributed by atoms with Gasteiger partial charge in [-0.25, -0.2) is 0 Å². The molecule has 7 aromatic carbocycles. The summed E-state index contributed by atoms with van der Waals surface area (Å²) in [6.07, 6.45) is 0. The van der Waals surface area contributed by atoms with Gasteiger partial charge in [0.15, 0.2) is 11.5 Å². The maximum atomic E-state index is 6.81. The number of hydrogen-bond donors (Lipinski definition) is 0. The Bertz CT molecular complexity index is 2770. The van der Waals surface area contributed by atoms with E-state index >= 15 is 0 Å². The van der Waals surface area contributed by atoms with Gasteiger partial charge in [0.2, 0.25) is 6.71 Å². The Hall–Kier alpha value is -6.20. The van der Waals surface area contributed by atoms with E-state index in [4.69, 9.17) is 13.6 Å². The standard InChI is InChI=1S/C44H26BNO3/c1-23-38-30-21-27(46-34-15-7-9-17-36(34)49-37-18-10-8-16-35(37)46)22-31-39-24(2)48-44-29-14-6-4-12-26(29)20-33(41(39)44)45(42(30)31)32-19-25-11-3-5-13-28(25)43(47-23)40(32)38/h3-22H,1-2H3. The molecule has 3 aliphatic rings. The molecule has 228 valence electrons. The van der Waals surface area contributed by atoms with Crippen LogP contribution in [0.4, 0.5) is 17.1 Å². The molecule has 0 unspecified atom stereocenters. The summed E-state index contributed by atoms with van der Waals surface area (Å²) in [6, 6.07) is 43.5. The number of anilines is 3. The summed E-state index contributed by atoms with van der Waals surface area (Å²) in [5, 5.41) is 7.10. The van der Waals surface area contributed by atoms with E-state index in [9.17, 15) is 0 Å². The number of nitrogens with zero attached hydrogens (tertiary/aromatic N) is 1. The molecule has 0 radical (unpaired) electrons. The molecule has 0 fully saturated rings. The first-order valence-electron chi connectivity index (χ1n) is 16.9. The van der Waals surface area contributed by atoms with Crippen molar-refractivity contribution in [1.82, 2.24) is 0 Å². The number of para-hydroxylation sites is 4. The molecule has 4 nitrogen and oxygen atoms in total. The molecule has 5 heterocycles. The lowest BCUT2D eigenvalue weighted by Crippen LogP contribution is -2.57. The zero-order valence-corrected chi connectivity index (χ0v) is 26.8. The van der Waals surface area contributed by atoms with Crippen LogP contribution >= 0.6 is 0 Å². The maximum absolute atomic E-state index is 6.81. The Morgan fingerprint density at radius 2 is 1.00 bits per heavy atom. The van der Waals surface area contributed by atoms with E-state index in [1.807, 2.05) is 24.3 Å². The van der Waals surface area contributed by atoms with E-state index in [1.165, 1.54) is 60.2 Å². The topological polar surface area (TPSA) is 38.8 Å². The molecular weight excluding hydrogens is 601 g/mol. The van der Waals surface area contributed by atoms with Crippen molar-refractivity contribution in [2.45, 2.75) is 13.8 Å². The lowest BCUT2D eigenvalue weighted by atomic mass is 9.31. The minimum absolute atomic E-state index is 0.0107. The number of furan rings is 2. The lowest BCUT2D eigenvalue weighted by molar-refractivity contribution is 0.477. The second-order valence-electron chi connectivity index (χ2n) is 13.6. The van der Waals surface area contributed by atoms with Crippen LogP contribution in [0, 0.1) is 13.8 Å². The summed E-state index contributed by atoms with van der Waals surface area (Å²) < 4.78 is 20.0. The summed E-state index contributed by atoms with van der Waals surface area (Å²) in [5.74, 6) is 3.55. The fraction of sp³-hybridized carbons (Fsp3) is 0.0455. The van der Waals surface area contributed by atoms with Crippen LogP contribution in [-0.4, -0.2) is 6.71 Å². The molecule has 0 spiro atoms. The molecule has 3 aliphatic heterocycles. The molecule has 0 aliphatic carbocycles. The SMILES string of the molecule is Cc1oc2c3c(cc4ccccc42)B2c4c(cc(N5c6ccccc6Oc6ccccc65)cc4-c4c(C)oc5c4c2cc2ccccc25)-c13. The predicted octanol–water partition coefficient (Wildman–Crippen LogP) is 10.2. The van der Waals surface area contributed by atoms with Gasteiger partial charge >= 0.3 is 0 Å². The van der Waals surface area contributed by atoms with Crippen molar-refractivity contribution in [1.29, 1.82) is 0 Å². The number of ether oxygens (including phenoxy) is 1. The molecule has 0 saturated heterocycles.